The highest BCUT2D eigenvalue weighted by atomic mass is 19.4. The Kier molecular flexibility index (Phi) is 5.03. The van der Waals surface area contributed by atoms with Crippen LogP contribution in [0.5, 0.6) is 11.5 Å². The number of hydrogen-bond acceptors (Lipinski definition) is 4. The molecule has 1 aliphatic carbocycles. The van der Waals surface area contributed by atoms with Crippen molar-refractivity contribution < 1.29 is 27.4 Å². The molecule has 5 rings (SSSR count). The van der Waals surface area contributed by atoms with Gasteiger partial charge in [-0.2, -0.15) is 18.3 Å². The van der Waals surface area contributed by atoms with Crippen molar-refractivity contribution >= 4 is 5.91 Å². The van der Waals surface area contributed by atoms with Gasteiger partial charge in [0, 0.05) is 12.5 Å². The Labute approximate surface area is 181 Å². The van der Waals surface area contributed by atoms with Gasteiger partial charge in [0.1, 0.15) is 13.2 Å². The maximum Gasteiger partial charge on any atom is 0.416 e. The molecule has 1 N–H and O–H groups in total. The molecular weight excluding hydrogens is 423 g/mol. The molecule has 32 heavy (non-hydrogen) atoms. The lowest BCUT2D eigenvalue weighted by Crippen LogP contribution is -2.24. The number of fused-ring (bicyclic) bond motifs is 1. The number of carbonyl (C=O) groups is 1. The van der Waals surface area contributed by atoms with Crippen molar-refractivity contribution in [2.75, 3.05) is 13.2 Å². The van der Waals surface area contributed by atoms with Gasteiger partial charge in [-0.05, 0) is 48.7 Å². The normalized spacial score (nSPS) is 15.5. The van der Waals surface area contributed by atoms with Crippen molar-refractivity contribution in [1.82, 2.24) is 15.1 Å². The number of nitrogens with zero attached hydrogens (tertiary/aromatic N) is 2. The summed E-state index contributed by atoms with van der Waals surface area (Å²) >= 11 is 0. The lowest BCUT2D eigenvalue weighted by molar-refractivity contribution is -0.137. The number of carbonyl (C=O) groups excluding carboxylic acids is 1. The number of amides is 1. The molecule has 0 spiro atoms. The van der Waals surface area contributed by atoms with Gasteiger partial charge in [0.15, 0.2) is 11.5 Å². The summed E-state index contributed by atoms with van der Waals surface area (Å²) in [6.45, 7) is 1.25. The molecule has 1 aliphatic heterocycles. The molecule has 3 aromatic rings. The number of hydrogen-bond donors (Lipinski definition) is 1. The molecule has 9 heteroatoms. The second-order valence-electron chi connectivity index (χ2n) is 7.84. The fourth-order valence-corrected chi connectivity index (χ4v) is 3.78. The predicted octanol–water partition coefficient (Wildman–Crippen LogP) is 4.47. The summed E-state index contributed by atoms with van der Waals surface area (Å²) in [6.07, 6.45) is -1.29. The standard InChI is InChI=1S/C23H20F3N3O3/c24-23(25,26)16-2-1-3-17(11-16)29-21(15-5-6-15)18(13-28-29)22(30)27-12-14-4-7-19-20(10-14)32-9-8-31-19/h1-4,7,10-11,13,15H,5-6,8-9,12H2,(H,27,30). The first-order chi connectivity index (χ1) is 15.4. The number of aromatic nitrogens is 2. The first kappa shape index (κ1) is 20.4. The third-order valence-corrected chi connectivity index (χ3v) is 5.49. The Morgan fingerprint density at radius 1 is 1.09 bits per heavy atom. The lowest BCUT2D eigenvalue weighted by Gasteiger charge is -2.19. The predicted molar refractivity (Wildman–Crippen MR) is 109 cm³/mol. The van der Waals surface area contributed by atoms with Crippen molar-refractivity contribution in [3.8, 4) is 17.2 Å². The molecule has 1 amide bonds. The summed E-state index contributed by atoms with van der Waals surface area (Å²) in [7, 11) is 0. The van der Waals surface area contributed by atoms with Gasteiger partial charge in [0.05, 0.1) is 28.7 Å². The molecule has 2 aromatic carbocycles. The Morgan fingerprint density at radius 3 is 2.62 bits per heavy atom. The fraction of sp³-hybridized carbons (Fsp3) is 0.304. The first-order valence-corrected chi connectivity index (χ1v) is 10.3. The third-order valence-electron chi connectivity index (χ3n) is 5.49. The van der Waals surface area contributed by atoms with Crippen LogP contribution in [0.3, 0.4) is 0 Å². The number of benzene rings is 2. The van der Waals surface area contributed by atoms with E-state index in [0.717, 1.165) is 30.5 Å². The zero-order chi connectivity index (χ0) is 22.3. The summed E-state index contributed by atoms with van der Waals surface area (Å²) in [5, 5.41) is 7.13. The summed E-state index contributed by atoms with van der Waals surface area (Å²) in [6, 6.07) is 10.4. The largest absolute Gasteiger partial charge is 0.486 e. The van der Waals surface area contributed by atoms with Crippen molar-refractivity contribution in [2.24, 2.45) is 0 Å². The van der Waals surface area contributed by atoms with E-state index in [0.29, 0.717) is 36.0 Å². The van der Waals surface area contributed by atoms with Crippen LogP contribution in [0, 0.1) is 0 Å². The molecule has 2 heterocycles. The summed E-state index contributed by atoms with van der Waals surface area (Å²) in [4.78, 5) is 12.9. The molecule has 1 fully saturated rings. The van der Waals surface area contributed by atoms with Crippen LogP contribution < -0.4 is 14.8 Å². The number of alkyl halides is 3. The highest BCUT2D eigenvalue weighted by molar-refractivity contribution is 5.95. The van der Waals surface area contributed by atoms with Crippen LogP contribution in [-0.4, -0.2) is 28.9 Å². The number of halogens is 3. The molecule has 0 saturated heterocycles. The Bertz CT molecular complexity index is 1170. The van der Waals surface area contributed by atoms with Crippen molar-refractivity contribution in [3.05, 3.63) is 71.0 Å². The van der Waals surface area contributed by atoms with E-state index in [1.807, 2.05) is 12.1 Å². The van der Waals surface area contributed by atoms with Gasteiger partial charge in [0.25, 0.3) is 5.91 Å². The number of nitrogens with one attached hydrogen (secondary N) is 1. The van der Waals surface area contributed by atoms with Crippen LogP contribution in [0.15, 0.2) is 48.7 Å². The van der Waals surface area contributed by atoms with E-state index in [9.17, 15) is 18.0 Å². The average molecular weight is 443 g/mol. The van der Waals surface area contributed by atoms with Crippen LogP contribution in [0.1, 0.15) is 45.9 Å². The quantitative estimate of drug-likeness (QED) is 0.632. The van der Waals surface area contributed by atoms with Crippen LogP contribution in [-0.2, 0) is 12.7 Å². The van der Waals surface area contributed by atoms with Gasteiger partial charge in [-0.15, -0.1) is 0 Å². The summed E-state index contributed by atoms with van der Waals surface area (Å²) in [5.41, 5.74) is 1.40. The Balaban J connectivity index is 1.38. The van der Waals surface area contributed by atoms with E-state index in [-0.39, 0.29) is 24.1 Å². The van der Waals surface area contributed by atoms with Gasteiger partial charge < -0.3 is 14.8 Å². The molecule has 6 nitrogen and oxygen atoms in total. The topological polar surface area (TPSA) is 65.4 Å². The van der Waals surface area contributed by atoms with E-state index in [1.54, 1.807) is 12.1 Å². The molecule has 0 atom stereocenters. The molecule has 0 radical (unpaired) electrons. The van der Waals surface area contributed by atoms with Crippen molar-refractivity contribution in [2.45, 2.75) is 31.5 Å². The lowest BCUT2D eigenvalue weighted by atomic mass is 10.1. The second kappa shape index (κ2) is 7.89. The zero-order valence-corrected chi connectivity index (χ0v) is 17.0. The van der Waals surface area contributed by atoms with E-state index < -0.39 is 11.7 Å². The van der Waals surface area contributed by atoms with Crippen LogP contribution in [0.25, 0.3) is 5.69 Å². The summed E-state index contributed by atoms with van der Waals surface area (Å²) in [5.74, 6) is 1.09. The fourth-order valence-electron chi connectivity index (χ4n) is 3.78. The van der Waals surface area contributed by atoms with Crippen LogP contribution in [0.4, 0.5) is 13.2 Å². The summed E-state index contributed by atoms with van der Waals surface area (Å²) < 4.78 is 52.0. The van der Waals surface area contributed by atoms with Gasteiger partial charge >= 0.3 is 6.18 Å². The second-order valence-corrected chi connectivity index (χ2v) is 7.84. The first-order valence-electron chi connectivity index (χ1n) is 10.3. The molecule has 1 saturated carbocycles. The minimum absolute atomic E-state index is 0.0992. The zero-order valence-electron chi connectivity index (χ0n) is 17.0. The van der Waals surface area contributed by atoms with Crippen molar-refractivity contribution in [3.63, 3.8) is 0 Å². The van der Waals surface area contributed by atoms with Gasteiger partial charge in [0.2, 0.25) is 0 Å². The Hall–Kier alpha value is -3.49. The molecule has 1 aromatic heterocycles. The van der Waals surface area contributed by atoms with Crippen molar-refractivity contribution in [1.29, 1.82) is 0 Å². The molecule has 2 aliphatic rings. The third kappa shape index (κ3) is 4.02. The molecule has 166 valence electrons. The molecular formula is C23H20F3N3O3. The monoisotopic (exact) mass is 443 g/mol. The minimum Gasteiger partial charge on any atom is -0.486 e. The maximum atomic E-state index is 13.1. The number of ether oxygens (including phenoxy) is 2. The molecule has 0 unspecified atom stereocenters. The SMILES string of the molecule is O=C(NCc1ccc2c(c1)OCCO2)c1cnn(-c2cccc(C(F)(F)F)c2)c1C1CC1. The highest BCUT2D eigenvalue weighted by Gasteiger charge is 2.34. The van der Waals surface area contributed by atoms with E-state index >= 15 is 0 Å². The Morgan fingerprint density at radius 2 is 1.88 bits per heavy atom. The smallest absolute Gasteiger partial charge is 0.416 e. The average Bonchev–Trinajstić information content (AvgIpc) is 3.54. The van der Waals surface area contributed by atoms with Gasteiger partial charge in [-0.25, -0.2) is 4.68 Å². The highest BCUT2D eigenvalue weighted by Crippen LogP contribution is 2.43. The van der Waals surface area contributed by atoms with E-state index in [2.05, 4.69) is 10.4 Å². The van der Waals surface area contributed by atoms with Crippen LogP contribution in [0.2, 0.25) is 0 Å². The van der Waals surface area contributed by atoms with Crippen LogP contribution >= 0.6 is 0 Å². The maximum absolute atomic E-state index is 13.1. The van der Waals surface area contributed by atoms with E-state index in [1.165, 1.54) is 16.9 Å². The van der Waals surface area contributed by atoms with Gasteiger partial charge in [-0.1, -0.05) is 12.1 Å². The minimum atomic E-state index is -4.45. The molecule has 0 bridgehead atoms. The number of rotatable bonds is 5. The van der Waals surface area contributed by atoms with E-state index in [4.69, 9.17) is 9.47 Å². The van der Waals surface area contributed by atoms with Gasteiger partial charge in [-0.3, -0.25) is 4.79 Å².